The molecule has 4 nitrogen and oxygen atoms in total. The highest BCUT2D eigenvalue weighted by Gasteiger charge is 2.23. The van der Waals surface area contributed by atoms with Crippen molar-refractivity contribution in [3.8, 4) is 0 Å². The molecule has 19 heavy (non-hydrogen) atoms. The van der Waals surface area contributed by atoms with Gasteiger partial charge in [0.25, 0.3) is 0 Å². The Labute approximate surface area is 116 Å². The van der Waals surface area contributed by atoms with Crippen LogP contribution < -0.4 is 0 Å². The zero-order valence-electron chi connectivity index (χ0n) is 11.9. The molecule has 106 valence electrons. The summed E-state index contributed by atoms with van der Waals surface area (Å²) in [5, 5.41) is 0. The van der Waals surface area contributed by atoms with Crippen LogP contribution in [0.25, 0.3) is 0 Å². The molecule has 1 aromatic heterocycles. The number of aromatic nitrogens is 2. The maximum Gasteiger partial charge on any atom is 0.110 e. The zero-order chi connectivity index (χ0) is 12.9. The average Bonchev–Trinajstić information content (AvgIpc) is 3.01. The van der Waals surface area contributed by atoms with Crippen molar-refractivity contribution in [1.82, 2.24) is 19.8 Å². The Bertz CT molecular complexity index is 356. The van der Waals surface area contributed by atoms with Crippen LogP contribution in [-0.2, 0) is 0 Å². The highest BCUT2D eigenvalue weighted by Crippen LogP contribution is 2.24. The molecule has 2 fully saturated rings. The number of aromatic amines is 1. The van der Waals surface area contributed by atoms with Gasteiger partial charge in [0.2, 0.25) is 0 Å². The van der Waals surface area contributed by atoms with E-state index < -0.39 is 0 Å². The fourth-order valence-electron chi connectivity index (χ4n) is 3.45. The predicted molar refractivity (Wildman–Crippen MR) is 77.3 cm³/mol. The molecule has 1 unspecified atom stereocenters. The van der Waals surface area contributed by atoms with Gasteiger partial charge in [0.1, 0.15) is 5.82 Å². The monoisotopic (exact) mass is 262 g/mol. The van der Waals surface area contributed by atoms with Gasteiger partial charge in [-0.2, -0.15) is 0 Å². The van der Waals surface area contributed by atoms with Gasteiger partial charge in [0.05, 0.1) is 0 Å². The number of likely N-dealkylation sites (tertiary alicyclic amines) is 2. The molecule has 0 aliphatic carbocycles. The number of piperidine rings is 2. The largest absolute Gasteiger partial charge is 0.348 e. The van der Waals surface area contributed by atoms with Gasteiger partial charge in [0, 0.05) is 37.9 Å². The first kappa shape index (κ1) is 13.1. The summed E-state index contributed by atoms with van der Waals surface area (Å²) in [4.78, 5) is 13.0. The third kappa shape index (κ3) is 3.57. The molecule has 0 bridgehead atoms. The molecule has 2 aliphatic rings. The summed E-state index contributed by atoms with van der Waals surface area (Å²) >= 11 is 0. The van der Waals surface area contributed by atoms with E-state index >= 15 is 0 Å². The Hall–Kier alpha value is -0.870. The quantitative estimate of drug-likeness (QED) is 0.902. The van der Waals surface area contributed by atoms with Crippen molar-refractivity contribution in [2.75, 3.05) is 39.3 Å². The molecular formula is C15H26N4. The van der Waals surface area contributed by atoms with Gasteiger partial charge in [-0.1, -0.05) is 6.42 Å². The lowest BCUT2D eigenvalue weighted by Crippen LogP contribution is -2.41. The Morgan fingerprint density at radius 3 is 2.63 bits per heavy atom. The summed E-state index contributed by atoms with van der Waals surface area (Å²) in [6.07, 6.45) is 10.6. The SMILES string of the molecule is c1c[nH]c(C2CCCN(CCN3CCCCC3)C2)n1. The second-order valence-corrected chi connectivity index (χ2v) is 6.02. The van der Waals surface area contributed by atoms with E-state index in [0.29, 0.717) is 5.92 Å². The molecule has 0 spiro atoms. The topological polar surface area (TPSA) is 35.2 Å². The fourth-order valence-corrected chi connectivity index (χ4v) is 3.45. The molecule has 1 N–H and O–H groups in total. The number of imidazole rings is 1. The third-order valence-corrected chi connectivity index (χ3v) is 4.59. The van der Waals surface area contributed by atoms with E-state index in [-0.39, 0.29) is 0 Å². The minimum Gasteiger partial charge on any atom is -0.348 e. The maximum atomic E-state index is 4.43. The van der Waals surface area contributed by atoms with Crippen molar-refractivity contribution in [1.29, 1.82) is 0 Å². The Morgan fingerprint density at radius 2 is 1.84 bits per heavy atom. The van der Waals surface area contributed by atoms with Crippen molar-refractivity contribution in [3.63, 3.8) is 0 Å². The minimum atomic E-state index is 0.616. The summed E-state index contributed by atoms with van der Waals surface area (Å²) < 4.78 is 0. The van der Waals surface area contributed by atoms with E-state index in [9.17, 15) is 0 Å². The van der Waals surface area contributed by atoms with Gasteiger partial charge >= 0.3 is 0 Å². The van der Waals surface area contributed by atoms with Gasteiger partial charge in [-0.15, -0.1) is 0 Å². The molecule has 0 saturated carbocycles. The first-order chi connectivity index (χ1) is 9.42. The van der Waals surface area contributed by atoms with Crippen molar-refractivity contribution in [3.05, 3.63) is 18.2 Å². The van der Waals surface area contributed by atoms with Crippen LogP contribution in [-0.4, -0.2) is 59.0 Å². The number of hydrogen-bond donors (Lipinski definition) is 1. The van der Waals surface area contributed by atoms with Crippen LogP contribution >= 0.6 is 0 Å². The minimum absolute atomic E-state index is 0.616. The van der Waals surface area contributed by atoms with E-state index in [0.717, 1.165) is 0 Å². The molecule has 4 heteroatoms. The van der Waals surface area contributed by atoms with Crippen LogP contribution in [0.4, 0.5) is 0 Å². The van der Waals surface area contributed by atoms with E-state index in [1.165, 1.54) is 77.2 Å². The van der Waals surface area contributed by atoms with E-state index in [2.05, 4.69) is 19.8 Å². The van der Waals surface area contributed by atoms with Crippen molar-refractivity contribution in [2.24, 2.45) is 0 Å². The highest BCUT2D eigenvalue weighted by atomic mass is 15.2. The second kappa shape index (κ2) is 6.53. The molecule has 3 rings (SSSR count). The number of nitrogens with zero attached hydrogens (tertiary/aromatic N) is 3. The van der Waals surface area contributed by atoms with Crippen molar-refractivity contribution < 1.29 is 0 Å². The van der Waals surface area contributed by atoms with Crippen LogP contribution in [0.2, 0.25) is 0 Å². The van der Waals surface area contributed by atoms with Crippen LogP contribution in [0, 0.1) is 0 Å². The van der Waals surface area contributed by atoms with Crippen LogP contribution in [0.3, 0.4) is 0 Å². The van der Waals surface area contributed by atoms with Gasteiger partial charge in [-0.25, -0.2) is 4.98 Å². The first-order valence-corrected chi connectivity index (χ1v) is 7.86. The van der Waals surface area contributed by atoms with E-state index in [4.69, 9.17) is 0 Å². The second-order valence-electron chi connectivity index (χ2n) is 6.02. The molecule has 2 aliphatic heterocycles. The first-order valence-electron chi connectivity index (χ1n) is 7.86. The smallest absolute Gasteiger partial charge is 0.110 e. The normalized spacial score (nSPS) is 26.6. The summed E-state index contributed by atoms with van der Waals surface area (Å²) in [7, 11) is 0. The predicted octanol–water partition coefficient (Wildman–Crippen LogP) is 2.08. The highest BCUT2D eigenvalue weighted by molar-refractivity contribution is 4.99. The lowest BCUT2D eigenvalue weighted by molar-refractivity contribution is 0.155. The van der Waals surface area contributed by atoms with E-state index in [1.807, 2.05) is 12.4 Å². The Kier molecular flexibility index (Phi) is 4.51. The Balaban J connectivity index is 1.45. The van der Waals surface area contributed by atoms with Gasteiger partial charge in [0.15, 0.2) is 0 Å². The molecule has 0 amide bonds. The van der Waals surface area contributed by atoms with Crippen LogP contribution in [0.15, 0.2) is 12.4 Å². The van der Waals surface area contributed by atoms with Gasteiger partial charge < -0.3 is 14.8 Å². The van der Waals surface area contributed by atoms with Crippen LogP contribution in [0.1, 0.15) is 43.8 Å². The van der Waals surface area contributed by atoms with Crippen molar-refractivity contribution in [2.45, 2.75) is 38.0 Å². The number of nitrogens with one attached hydrogen (secondary N) is 1. The number of H-pyrrole nitrogens is 1. The fraction of sp³-hybridized carbons (Fsp3) is 0.800. The standard InChI is InChI=1S/C15H26N4/c1-2-8-18(9-3-1)11-12-19-10-4-5-14(13-19)15-16-6-7-17-15/h6-7,14H,1-5,8-13H2,(H,16,17). The maximum absolute atomic E-state index is 4.43. The zero-order valence-corrected chi connectivity index (χ0v) is 11.9. The van der Waals surface area contributed by atoms with Crippen molar-refractivity contribution >= 4 is 0 Å². The average molecular weight is 262 g/mol. The lowest BCUT2D eigenvalue weighted by atomic mass is 9.97. The molecule has 1 atom stereocenters. The number of rotatable bonds is 4. The molecule has 0 radical (unpaired) electrons. The number of hydrogen-bond acceptors (Lipinski definition) is 3. The Morgan fingerprint density at radius 1 is 1.05 bits per heavy atom. The van der Waals surface area contributed by atoms with Crippen LogP contribution in [0.5, 0.6) is 0 Å². The molecule has 3 heterocycles. The lowest BCUT2D eigenvalue weighted by Gasteiger charge is -2.34. The van der Waals surface area contributed by atoms with E-state index in [1.54, 1.807) is 0 Å². The summed E-state index contributed by atoms with van der Waals surface area (Å²) in [6.45, 7) is 7.57. The summed E-state index contributed by atoms with van der Waals surface area (Å²) in [6, 6.07) is 0. The summed E-state index contributed by atoms with van der Waals surface area (Å²) in [5.41, 5.74) is 0. The molecule has 1 aromatic rings. The van der Waals surface area contributed by atoms with Gasteiger partial charge in [-0.05, 0) is 45.3 Å². The molecular weight excluding hydrogens is 236 g/mol. The molecule has 2 saturated heterocycles. The molecule has 0 aromatic carbocycles. The third-order valence-electron chi connectivity index (χ3n) is 4.59. The summed E-state index contributed by atoms with van der Waals surface area (Å²) in [5.74, 6) is 1.80. The van der Waals surface area contributed by atoms with Gasteiger partial charge in [-0.3, -0.25) is 0 Å².